The van der Waals surface area contributed by atoms with Crippen molar-refractivity contribution in [3.63, 3.8) is 0 Å². The molecule has 0 aromatic heterocycles. The van der Waals surface area contributed by atoms with Crippen LogP contribution in [0.3, 0.4) is 0 Å². The Hall–Kier alpha value is -4.08. The largest absolute Gasteiger partial charge is 0.494 e. The van der Waals surface area contributed by atoms with Crippen molar-refractivity contribution in [1.29, 1.82) is 0 Å². The Balaban J connectivity index is 0.000000530. The average Bonchev–Trinajstić information content (AvgIpc) is 3.09. The molecule has 0 saturated heterocycles. The highest BCUT2D eigenvalue weighted by molar-refractivity contribution is 5.90. The molecule has 2 rings (SSSR count). The van der Waals surface area contributed by atoms with Crippen molar-refractivity contribution in [2.75, 3.05) is 20.3 Å². The van der Waals surface area contributed by atoms with E-state index in [4.69, 9.17) is 24.1 Å². The van der Waals surface area contributed by atoms with Gasteiger partial charge >= 0.3 is 23.9 Å². The third-order valence-electron chi connectivity index (χ3n) is 7.80. The predicted molar refractivity (Wildman–Crippen MR) is 208 cm³/mol. The number of ether oxygens (including phenoxy) is 5. The van der Waals surface area contributed by atoms with Crippen molar-refractivity contribution >= 4 is 23.9 Å². The van der Waals surface area contributed by atoms with Gasteiger partial charge in [-0.3, -0.25) is 9.59 Å². The molecule has 0 heterocycles. The molecule has 0 aliphatic carbocycles. The molecule has 0 aliphatic heterocycles. The number of hydrogen-bond donors (Lipinski definition) is 1. The molecular weight excluding hydrogens is 676 g/mol. The minimum atomic E-state index is -0.707. The molecule has 0 spiro atoms. The molecule has 2 aromatic rings. The highest BCUT2D eigenvalue weighted by Gasteiger charge is 2.18. The number of methoxy groups -OCH3 is 1. The Labute approximate surface area is 318 Å². The van der Waals surface area contributed by atoms with Gasteiger partial charge in [0, 0.05) is 12.8 Å². The Bertz CT molecular complexity index is 1300. The van der Waals surface area contributed by atoms with Crippen LogP contribution in [0.25, 0.3) is 0 Å². The number of hydrogen-bond acceptors (Lipinski definition) is 9. The van der Waals surface area contributed by atoms with E-state index in [1.165, 1.54) is 20.0 Å². The van der Waals surface area contributed by atoms with Gasteiger partial charge in [-0.15, -0.1) is 0 Å². The van der Waals surface area contributed by atoms with Gasteiger partial charge in [-0.1, -0.05) is 64.2 Å². The zero-order chi connectivity index (χ0) is 39.5. The predicted octanol–water partition coefficient (Wildman–Crippen LogP) is 10.5. The summed E-state index contributed by atoms with van der Waals surface area (Å²) in [5.74, 6) is 0.0525. The monoisotopic (exact) mass is 742 g/mol. The third-order valence-corrected chi connectivity index (χ3v) is 7.80. The van der Waals surface area contributed by atoms with Crippen molar-refractivity contribution in [2.24, 2.45) is 0 Å². The van der Waals surface area contributed by atoms with Crippen LogP contribution in [0.4, 0.5) is 0 Å². The summed E-state index contributed by atoms with van der Waals surface area (Å²) in [6.45, 7) is 12.4. The Morgan fingerprint density at radius 3 is 1.13 bits per heavy atom. The molecule has 0 bridgehead atoms. The number of carbonyl (C=O) groups is 4. The van der Waals surface area contributed by atoms with Crippen LogP contribution in [0.5, 0.6) is 11.5 Å². The number of rotatable bonds is 24. The minimum absolute atomic E-state index is 0.119. The van der Waals surface area contributed by atoms with E-state index in [0.717, 1.165) is 88.5 Å². The van der Waals surface area contributed by atoms with Crippen molar-refractivity contribution in [3.05, 3.63) is 59.7 Å². The lowest BCUT2D eigenvalue weighted by Crippen LogP contribution is -2.23. The summed E-state index contributed by atoms with van der Waals surface area (Å²) in [7, 11) is 1.43. The highest BCUT2D eigenvalue weighted by Crippen LogP contribution is 2.19. The van der Waals surface area contributed by atoms with E-state index in [1.54, 1.807) is 48.5 Å². The van der Waals surface area contributed by atoms with Crippen molar-refractivity contribution in [2.45, 2.75) is 155 Å². The fraction of sp³-hybridized carbons (Fsp3) is 0.628. The molecule has 0 aliphatic rings. The van der Waals surface area contributed by atoms with E-state index in [-0.39, 0.29) is 24.3 Å². The van der Waals surface area contributed by atoms with Crippen LogP contribution in [-0.2, 0) is 23.8 Å². The first kappa shape index (κ1) is 46.9. The lowest BCUT2D eigenvalue weighted by molar-refractivity contribution is -0.141. The molecule has 0 fully saturated rings. The summed E-state index contributed by atoms with van der Waals surface area (Å²) in [6, 6.07) is 14.1. The number of esters is 3. The van der Waals surface area contributed by atoms with Gasteiger partial charge in [-0.2, -0.15) is 0 Å². The number of carboxylic acid groups (broad SMARTS) is 1. The van der Waals surface area contributed by atoms with Gasteiger partial charge in [-0.05, 0) is 116 Å². The van der Waals surface area contributed by atoms with Crippen molar-refractivity contribution < 1.29 is 48.0 Å². The van der Waals surface area contributed by atoms with Gasteiger partial charge in [0.15, 0.2) is 0 Å². The number of aliphatic carboxylic acids is 1. The summed E-state index contributed by atoms with van der Waals surface area (Å²) in [5, 5.41) is 8.56. The maximum Gasteiger partial charge on any atom is 0.338 e. The van der Waals surface area contributed by atoms with Crippen molar-refractivity contribution in [3.8, 4) is 11.5 Å². The maximum absolute atomic E-state index is 12.0. The molecule has 53 heavy (non-hydrogen) atoms. The van der Waals surface area contributed by atoms with Gasteiger partial charge in [0.25, 0.3) is 0 Å². The second-order valence-corrected chi connectivity index (χ2v) is 15.2. The molecule has 10 nitrogen and oxygen atoms in total. The minimum Gasteiger partial charge on any atom is -0.494 e. The number of carboxylic acids is 1. The first-order valence-corrected chi connectivity index (χ1v) is 19.3. The summed E-state index contributed by atoms with van der Waals surface area (Å²) in [5.41, 5.74) is 0.0653. The highest BCUT2D eigenvalue weighted by atomic mass is 16.6. The molecule has 1 N–H and O–H groups in total. The molecule has 298 valence electrons. The molecule has 0 unspecified atom stereocenters. The molecule has 2 aromatic carbocycles. The van der Waals surface area contributed by atoms with Crippen LogP contribution >= 0.6 is 0 Å². The molecule has 0 saturated carbocycles. The summed E-state index contributed by atoms with van der Waals surface area (Å²) in [4.78, 5) is 45.3. The zero-order valence-corrected chi connectivity index (χ0v) is 33.5. The quantitative estimate of drug-likeness (QED) is 0.0629. The van der Waals surface area contributed by atoms with Crippen LogP contribution in [0, 0.1) is 0 Å². The molecule has 0 radical (unpaired) electrons. The van der Waals surface area contributed by atoms with Gasteiger partial charge < -0.3 is 28.8 Å². The Morgan fingerprint density at radius 2 is 0.811 bits per heavy atom. The lowest BCUT2D eigenvalue weighted by Gasteiger charge is -2.19. The van der Waals surface area contributed by atoms with Gasteiger partial charge in [0.2, 0.25) is 0 Å². The van der Waals surface area contributed by atoms with Crippen LogP contribution in [0.15, 0.2) is 48.5 Å². The average molecular weight is 743 g/mol. The maximum atomic E-state index is 12.0. The Morgan fingerprint density at radius 1 is 0.491 bits per heavy atom. The van der Waals surface area contributed by atoms with Crippen LogP contribution in [-0.4, -0.2) is 60.5 Å². The van der Waals surface area contributed by atoms with Gasteiger partial charge in [0.05, 0.1) is 31.5 Å². The van der Waals surface area contributed by atoms with Gasteiger partial charge in [-0.25, -0.2) is 9.59 Å². The smallest absolute Gasteiger partial charge is 0.338 e. The summed E-state index contributed by atoms with van der Waals surface area (Å²) < 4.78 is 26.7. The zero-order valence-electron chi connectivity index (χ0n) is 33.5. The van der Waals surface area contributed by atoms with Crippen LogP contribution < -0.4 is 9.47 Å². The van der Waals surface area contributed by atoms with E-state index in [1.807, 2.05) is 41.5 Å². The summed E-state index contributed by atoms with van der Waals surface area (Å²) in [6.07, 6.45) is 15.7. The molecular formula is C43H66O10. The van der Waals surface area contributed by atoms with E-state index in [9.17, 15) is 19.2 Å². The van der Waals surface area contributed by atoms with Crippen LogP contribution in [0.1, 0.15) is 165 Å². The second kappa shape index (κ2) is 26.6. The normalized spacial score (nSPS) is 11.2. The van der Waals surface area contributed by atoms with Crippen molar-refractivity contribution in [1.82, 2.24) is 0 Å². The molecule has 10 heteroatoms. The van der Waals surface area contributed by atoms with E-state index >= 15 is 0 Å². The Kier molecular flexibility index (Phi) is 23.6. The fourth-order valence-corrected chi connectivity index (χ4v) is 5.05. The number of benzene rings is 2. The second-order valence-electron chi connectivity index (χ2n) is 15.2. The third kappa shape index (κ3) is 26.4. The molecule has 0 amide bonds. The SMILES string of the molecule is CC(C)(C)OC(=O)c1ccc(OCCCCCCCCCC(=O)O)cc1.COC(=O)CCCCCCCCCOc1ccc(C(=O)OC(C)(C)C)cc1. The lowest BCUT2D eigenvalue weighted by atomic mass is 10.1. The summed E-state index contributed by atoms with van der Waals surface area (Å²) >= 11 is 0. The van der Waals surface area contributed by atoms with Gasteiger partial charge in [0.1, 0.15) is 22.7 Å². The first-order valence-electron chi connectivity index (χ1n) is 19.3. The fourth-order valence-electron chi connectivity index (χ4n) is 5.05. The topological polar surface area (TPSA) is 135 Å². The van der Waals surface area contributed by atoms with E-state index in [0.29, 0.717) is 30.8 Å². The standard InChI is InChI=1S/C22H34O5.C21H32O5/c1-22(2,3)27-21(24)18-13-15-19(16-14-18)26-17-11-9-7-5-6-8-10-12-20(23)25-4;1-21(2,3)26-20(24)17-12-14-18(15-13-17)25-16-10-8-6-4-5-7-9-11-19(22)23/h13-16H,5-12,17H2,1-4H3;12-15H,4-11,16H2,1-3H3,(H,22,23). The van der Waals surface area contributed by atoms with E-state index < -0.39 is 17.2 Å². The first-order chi connectivity index (χ1) is 25.1. The molecule has 0 atom stereocenters. The van der Waals surface area contributed by atoms with Crippen LogP contribution in [0.2, 0.25) is 0 Å². The van der Waals surface area contributed by atoms with E-state index in [2.05, 4.69) is 4.74 Å². The number of unbranched alkanes of at least 4 members (excludes halogenated alkanes) is 12. The number of carbonyl (C=O) groups excluding carboxylic acids is 3.